The van der Waals surface area contributed by atoms with Gasteiger partial charge in [0.2, 0.25) is 5.91 Å². The molecule has 3 rings (SSSR count). The number of rotatable bonds is 2. The normalized spacial score (nSPS) is 34.9. The van der Waals surface area contributed by atoms with Crippen molar-refractivity contribution >= 4 is 5.91 Å². The van der Waals surface area contributed by atoms with Crippen LogP contribution in [-0.2, 0) is 9.53 Å². The summed E-state index contributed by atoms with van der Waals surface area (Å²) in [6.45, 7) is 6.44. The van der Waals surface area contributed by atoms with E-state index in [9.17, 15) is 4.79 Å². The van der Waals surface area contributed by atoms with Crippen molar-refractivity contribution in [1.29, 1.82) is 0 Å². The van der Waals surface area contributed by atoms with Crippen molar-refractivity contribution in [2.45, 2.75) is 44.8 Å². The van der Waals surface area contributed by atoms with Crippen LogP contribution in [-0.4, -0.2) is 60.6 Å². The molecule has 0 radical (unpaired) electrons. The smallest absolute Gasteiger partial charge is 0.219 e. The minimum Gasteiger partial charge on any atom is -0.374 e. The van der Waals surface area contributed by atoms with Gasteiger partial charge in [0.15, 0.2) is 0 Å². The quantitative estimate of drug-likeness (QED) is 0.720. The van der Waals surface area contributed by atoms with Gasteiger partial charge in [-0.25, -0.2) is 0 Å². The van der Waals surface area contributed by atoms with Crippen LogP contribution in [0, 0.1) is 5.92 Å². The summed E-state index contributed by atoms with van der Waals surface area (Å²) < 4.78 is 5.87. The zero-order valence-corrected chi connectivity index (χ0v) is 12.5. The molecule has 0 aromatic rings. The summed E-state index contributed by atoms with van der Waals surface area (Å²) in [5.41, 5.74) is 0. The third kappa shape index (κ3) is 3.07. The number of ether oxygens (including phenoxy) is 1. The molecule has 2 fully saturated rings. The summed E-state index contributed by atoms with van der Waals surface area (Å²) in [6, 6.07) is 0.272. The van der Waals surface area contributed by atoms with E-state index in [1.54, 1.807) is 6.92 Å². The average Bonchev–Trinajstić information content (AvgIpc) is 2.47. The van der Waals surface area contributed by atoms with Crippen LogP contribution in [0.15, 0.2) is 12.2 Å². The lowest BCUT2D eigenvalue weighted by molar-refractivity contribution is -0.150. The maximum Gasteiger partial charge on any atom is 0.219 e. The highest BCUT2D eigenvalue weighted by atomic mass is 16.5. The van der Waals surface area contributed by atoms with Crippen LogP contribution in [0.3, 0.4) is 0 Å². The number of likely N-dealkylation sites (tertiary alicyclic amines) is 1. The lowest BCUT2D eigenvalue weighted by atomic mass is 9.92. The molecular formula is C16H26N2O2. The Morgan fingerprint density at radius 3 is 2.95 bits per heavy atom. The van der Waals surface area contributed by atoms with Crippen molar-refractivity contribution in [3.8, 4) is 0 Å². The fourth-order valence-electron chi connectivity index (χ4n) is 3.88. The Kier molecular flexibility index (Phi) is 4.41. The second-order valence-corrected chi connectivity index (χ2v) is 6.39. The molecule has 20 heavy (non-hydrogen) atoms. The number of morpholine rings is 1. The number of hydrogen-bond donors (Lipinski definition) is 0. The number of hydrogen-bond acceptors (Lipinski definition) is 3. The number of piperidine rings is 1. The average molecular weight is 278 g/mol. The molecule has 2 heterocycles. The van der Waals surface area contributed by atoms with Gasteiger partial charge < -0.3 is 14.5 Å². The molecule has 2 aliphatic heterocycles. The number of nitrogens with zero attached hydrogens (tertiary/aromatic N) is 2. The van der Waals surface area contributed by atoms with E-state index in [2.05, 4.69) is 17.1 Å². The first-order valence-electron chi connectivity index (χ1n) is 8.00. The molecule has 0 bridgehead atoms. The topological polar surface area (TPSA) is 32.8 Å². The monoisotopic (exact) mass is 278 g/mol. The maximum absolute atomic E-state index is 11.8. The van der Waals surface area contributed by atoms with Crippen LogP contribution in [0.2, 0.25) is 0 Å². The molecule has 2 saturated heterocycles. The van der Waals surface area contributed by atoms with Gasteiger partial charge >= 0.3 is 0 Å². The van der Waals surface area contributed by atoms with Gasteiger partial charge in [-0.3, -0.25) is 4.79 Å². The van der Waals surface area contributed by atoms with Gasteiger partial charge in [0.25, 0.3) is 0 Å². The fourth-order valence-corrected chi connectivity index (χ4v) is 3.88. The van der Waals surface area contributed by atoms with Crippen LogP contribution in [0.25, 0.3) is 0 Å². The molecular weight excluding hydrogens is 252 g/mol. The minimum atomic E-state index is 0.200. The predicted octanol–water partition coefficient (Wildman–Crippen LogP) is 1.66. The Morgan fingerprint density at radius 2 is 2.20 bits per heavy atom. The Balaban J connectivity index is 1.59. The highest BCUT2D eigenvalue weighted by molar-refractivity contribution is 5.73. The Hall–Kier alpha value is -0.870. The van der Waals surface area contributed by atoms with E-state index in [-0.39, 0.29) is 18.1 Å². The molecule has 4 nitrogen and oxygen atoms in total. The molecule has 3 aliphatic rings. The SMILES string of the molecule is CC(=O)N1CCO[C@H]2CCN(CC3CC=CCC3)C[C@@H]21. The highest BCUT2D eigenvalue weighted by Crippen LogP contribution is 2.26. The van der Waals surface area contributed by atoms with Crippen molar-refractivity contribution < 1.29 is 9.53 Å². The van der Waals surface area contributed by atoms with Gasteiger partial charge in [0.05, 0.1) is 18.8 Å². The summed E-state index contributed by atoms with van der Waals surface area (Å²) in [4.78, 5) is 16.4. The lowest BCUT2D eigenvalue weighted by Crippen LogP contribution is -2.61. The van der Waals surface area contributed by atoms with Gasteiger partial charge in [-0.15, -0.1) is 0 Å². The molecule has 1 aliphatic carbocycles. The molecule has 1 unspecified atom stereocenters. The predicted molar refractivity (Wildman–Crippen MR) is 78.5 cm³/mol. The third-order valence-electron chi connectivity index (χ3n) is 4.97. The number of allylic oxidation sites excluding steroid dienone is 2. The van der Waals surface area contributed by atoms with E-state index in [1.807, 2.05) is 4.90 Å². The van der Waals surface area contributed by atoms with E-state index < -0.39 is 0 Å². The number of carbonyl (C=O) groups excluding carboxylic acids is 1. The van der Waals surface area contributed by atoms with E-state index in [1.165, 1.54) is 25.8 Å². The van der Waals surface area contributed by atoms with Crippen LogP contribution in [0.1, 0.15) is 32.6 Å². The zero-order chi connectivity index (χ0) is 13.9. The van der Waals surface area contributed by atoms with Crippen molar-refractivity contribution in [3.63, 3.8) is 0 Å². The van der Waals surface area contributed by atoms with E-state index in [4.69, 9.17) is 4.74 Å². The van der Waals surface area contributed by atoms with Gasteiger partial charge in [-0.05, 0) is 31.6 Å². The summed E-state index contributed by atoms with van der Waals surface area (Å²) in [5.74, 6) is 0.998. The fraction of sp³-hybridized carbons (Fsp3) is 0.812. The van der Waals surface area contributed by atoms with Crippen LogP contribution < -0.4 is 0 Å². The number of amides is 1. The van der Waals surface area contributed by atoms with Gasteiger partial charge in [-0.2, -0.15) is 0 Å². The first-order valence-corrected chi connectivity index (χ1v) is 8.00. The largest absolute Gasteiger partial charge is 0.374 e. The Bertz CT molecular complexity index is 383. The Labute approximate surface area is 121 Å². The minimum absolute atomic E-state index is 0.200. The molecule has 3 atom stereocenters. The van der Waals surface area contributed by atoms with Crippen molar-refractivity contribution in [1.82, 2.24) is 9.80 Å². The van der Waals surface area contributed by atoms with Gasteiger partial charge in [0, 0.05) is 33.1 Å². The first-order chi connectivity index (χ1) is 9.74. The molecule has 0 aromatic carbocycles. The Morgan fingerprint density at radius 1 is 1.30 bits per heavy atom. The highest BCUT2D eigenvalue weighted by Gasteiger charge is 2.38. The van der Waals surface area contributed by atoms with E-state index in [0.29, 0.717) is 6.61 Å². The molecule has 0 aromatic heterocycles. The van der Waals surface area contributed by atoms with Gasteiger partial charge in [0.1, 0.15) is 0 Å². The lowest BCUT2D eigenvalue weighted by Gasteiger charge is -2.47. The summed E-state index contributed by atoms with van der Waals surface area (Å²) >= 11 is 0. The number of carbonyl (C=O) groups is 1. The standard InChI is InChI=1S/C16H26N2O2/c1-13(19)18-9-10-20-16-7-8-17(12-15(16)18)11-14-5-3-2-4-6-14/h2-3,14-16H,4-12H2,1H3/t14?,15-,16-/m0/s1. The summed E-state index contributed by atoms with van der Waals surface area (Å²) in [7, 11) is 0. The van der Waals surface area contributed by atoms with Crippen molar-refractivity contribution in [3.05, 3.63) is 12.2 Å². The van der Waals surface area contributed by atoms with E-state index >= 15 is 0 Å². The number of fused-ring (bicyclic) bond motifs is 1. The van der Waals surface area contributed by atoms with Crippen molar-refractivity contribution in [2.24, 2.45) is 5.92 Å². The molecule has 4 heteroatoms. The molecule has 112 valence electrons. The van der Waals surface area contributed by atoms with Crippen molar-refractivity contribution in [2.75, 3.05) is 32.8 Å². The zero-order valence-electron chi connectivity index (χ0n) is 12.5. The summed E-state index contributed by atoms with van der Waals surface area (Å²) in [5, 5.41) is 0. The first kappa shape index (κ1) is 14.1. The van der Waals surface area contributed by atoms with Gasteiger partial charge in [-0.1, -0.05) is 12.2 Å². The molecule has 0 N–H and O–H groups in total. The third-order valence-corrected chi connectivity index (χ3v) is 4.97. The van der Waals surface area contributed by atoms with Crippen LogP contribution in [0.5, 0.6) is 0 Å². The van der Waals surface area contributed by atoms with Crippen LogP contribution >= 0.6 is 0 Å². The molecule has 1 amide bonds. The van der Waals surface area contributed by atoms with E-state index in [0.717, 1.165) is 32.0 Å². The maximum atomic E-state index is 11.8. The second kappa shape index (κ2) is 6.27. The molecule has 0 saturated carbocycles. The second-order valence-electron chi connectivity index (χ2n) is 6.39. The van der Waals surface area contributed by atoms with Crippen LogP contribution in [0.4, 0.5) is 0 Å². The summed E-state index contributed by atoms with van der Waals surface area (Å²) in [6.07, 6.45) is 9.72. The molecule has 0 spiro atoms.